The number of carbonyl (C=O) groups is 1. The zero-order chi connectivity index (χ0) is 20.8. The Balaban J connectivity index is 1.77. The van der Waals surface area contributed by atoms with Crippen LogP contribution in [-0.4, -0.2) is 38.2 Å². The first-order valence-corrected chi connectivity index (χ1v) is 9.45. The molecule has 0 saturated carbocycles. The van der Waals surface area contributed by atoms with Crippen LogP contribution in [0, 0.1) is 10.1 Å². The summed E-state index contributed by atoms with van der Waals surface area (Å²) < 4.78 is 10.0. The quantitative estimate of drug-likeness (QED) is 0.315. The molecule has 0 radical (unpaired) electrons. The van der Waals surface area contributed by atoms with E-state index >= 15 is 0 Å². The molecular weight excluding hydrogens is 372 g/mol. The molecule has 1 saturated heterocycles. The molecule has 0 N–H and O–H groups in total. The second kappa shape index (κ2) is 9.23. The van der Waals surface area contributed by atoms with Gasteiger partial charge in [0.2, 0.25) is 0 Å². The summed E-state index contributed by atoms with van der Waals surface area (Å²) >= 11 is 0. The lowest BCUT2D eigenvalue weighted by Gasteiger charge is -2.34. The molecule has 0 atom stereocenters. The smallest absolute Gasteiger partial charge is 0.330 e. The van der Waals surface area contributed by atoms with Crippen LogP contribution in [0.15, 0.2) is 48.5 Å². The Hall–Kier alpha value is -3.35. The number of nitro benzene ring substituents is 1. The van der Waals surface area contributed by atoms with Crippen molar-refractivity contribution in [3.8, 4) is 5.75 Å². The first kappa shape index (κ1) is 20.4. The van der Waals surface area contributed by atoms with Crippen molar-refractivity contribution in [2.75, 3.05) is 32.2 Å². The molecule has 7 heteroatoms. The largest absolute Gasteiger partial charge is 0.496 e. The van der Waals surface area contributed by atoms with E-state index in [4.69, 9.17) is 4.74 Å². The Morgan fingerprint density at radius 2 is 1.90 bits per heavy atom. The lowest BCUT2D eigenvalue weighted by atomic mass is 9.88. The molecule has 1 aliphatic heterocycles. The van der Waals surface area contributed by atoms with Crippen LogP contribution in [0.5, 0.6) is 5.75 Å². The molecule has 1 heterocycles. The number of nitro groups is 1. The molecule has 0 amide bonds. The van der Waals surface area contributed by atoms with Crippen LogP contribution < -0.4 is 9.64 Å². The van der Waals surface area contributed by atoms with Crippen molar-refractivity contribution in [1.82, 2.24) is 0 Å². The second-order valence-electron chi connectivity index (χ2n) is 6.87. The number of hydrogen-bond donors (Lipinski definition) is 0. The summed E-state index contributed by atoms with van der Waals surface area (Å²) in [5.74, 6) is 0.748. The average Bonchev–Trinajstić information content (AvgIpc) is 2.77. The Morgan fingerprint density at radius 1 is 1.17 bits per heavy atom. The van der Waals surface area contributed by atoms with E-state index in [0.29, 0.717) is 17.2 Å². The van der Waals surface area contributed by atoms with Crippen LogP contribution in [0.3, 0.4) is 0 Å². The Morgan fingerprint density at radius 3 is 2.55 bits per heavy atom. The van der Waals surface area contributed by atoms with Gasteiger partial charge < -0.3 is 14.4 Å². The normalized spacial score (nSPS) is 14.8. The number of hydrogen-bond acceptors (Lipinski definition) is 6. The minimum absolute atomic E-state index is 0.0350. The van der Waals surface area contributed by atoms with Gasteiger partial charge in [-0.05, 0) is 48.1 Å². The number of nitrogens with zero attached hydrogens (tertiary/aromatic N) is 2. The van der Waals surface area contributed by atoms with Crippen molar-refractivity contribution < 1.29 is 19.2 Å². The minimum Gasteiger partial charge on any atom is -0.496 e. The van der Waals surface area contributed by atoms with E-state index in [9.17, 15) is 14.9 Å². The summed E-state index contributed by atoms with van der Waals surface area (Å²) in [4.78, 5) is 24.6. The fourth-order valence-corrected chi connectivity index (χ4v) is 3.73. The molecule has 0 aliphatic carbocycles. The van der Waals surface area contributed by atoms with E-state index in [1.165, 1.54) is 30.9 Å². The maximum atomic E-state index is 11.6. The van der Waals surface area contributed by atoms with Gasteiger partial charge >= 0.3 is 5.97 Å². The lowest BCUT2D eigenvalue weighted by Crippen LogP contribution is -2.33. The first-order chi connectivity index (χ1) is 14.0. The summed E-state index contributed by atoms with van der Waals surface area (Å²) in [5, 5.41) is 11.6. The van der Waals surface area contributed by atoms with Crippen molar-refractivity contribution in [2.45, 2.75) is 18.8 Å². The van der Waals surface area contributed by atoms with E-state index in [2.05, 4.69) is 15.7 Å². The summed E-state index contributed by atoms with van der Waals surface area (Å²) in [7, 11) is 2.96. The molecule has 29 heavy (non-hydrogen) atoms. The van der Waals surface area contributed by atoms with E-state index < -0.39 is 5.97 Å². The van der Waals surface area contributed by atoms with Gasteiger partial charge in [-0.1, -0.05) is 24.3 Å². The van der Waals surface area contributed by atoms with Crippen molar-refractivity contribution in [2.24, 2.45) is 0 Å². The molecular formula is C22H24N2O5. The highest BCUT2D eigenvalue weighted by Crippen LogP contribution is 2.37. The van der Waals surface area contributed by atoms with Crippen molar-refractivity contribution >= 4 is 23.4 Å². The standard InChI is InChI=1S/C22H24N2O5/c1-28-21-6-4-3-5-18(21)17-11-13-23(14-12-17)19-9-7-16(8-10-22(25)29-2)15-20(19)24(26)27/h3-10,15,17H,11-14H2,1-2H3/b10-8+. The second-order valence-corrected chi connectivity index (χ2v) is 6.87. The highest BCUT2D eigenvalue weighted by atomic mass is 16.6. The van der Waals surface area contributed by atoms with Crippen LogP contribution in [0.2, 0.25) is 0 Å². The third kappa shape index (κ3) is 4.74. The number of ether oxygens (including phenoxy) is 2. The minimum atomic E-state index is -0.504. The van der Waals surface area contributed by atoms with Crippen LogP contribution in [0.1, 0.15) is 29.9 Å². The van der Waals surface area contributed by atoms with E-state index in [0.717, 1.165) is 31.7 Å². The highest BCUT2D eigenvalue weighted by molar-refractivity contribution is 5.87. The number of esters is 1. The molecule has 2 aromatic carbocycles. The molecule has 2 aromatic rings. The maximum Gasteiger partial charge on any atom is 0.330 e. The van der Waals surface area contributed by atoms with E-state index in [1.807, 2.05) is 18.2 Å². The van der Waals surface area contributed by atoms with Gasteiger partial charge in [0.1, 0.15) is 11.4 Å². The van der Waals surface area contributed by atoms with Gasteiger partial charge in [0.15, 0.2) is 0 Å². The summed E-state index contributed by atoms with van der Waals surface area (Å²) in [6, 6.07) is 13.0. The molecule has 0 bridgehead atoms. The van der Waals surface area contributed by atoms with Crippen LogP contribution in [0.25, 0.3) is 6.08 Å². The van der Waals surface area contributed by atoms with Crippen molar-refractivity contribution in [3.05, 3.63) is 69.8 Å². The van der Waals surface area contributed by atoms with Crippen LogP contribution in [-0.2, 0) is 9.53 Å². The predicted octanol–water partition coefficient (Wildman–Crippen LogP) is 4.17. The van der Waals surface area contributed by atoms with Gasteiger partial charge in [-0.15, -0.1) is 0 Å². The van der Waals surface area contributed by atoms with Gasteiger partial charge in [0.25, 0.3) is 5.69 Å². The van der Waals surface area contributed by atoms with Gasteiger partial charge in [0.05, 0.1) is 19.1 Å². The van der Waals surface area contributed by atoms with Crippen LogP contribution in [0.4, 0.5) is 11.4 Å². The van der Waals surface area contributed by atoms with Gasteiger partial charge in [-0.25, -0.2) is 4.79 Å². The molecule has 1 fully saturated rings. The fraction of sp³-hybridized carbons (Fsp3) is 0.318. The molecule has 1 aliphatic rings. The zero-order valence-corrected chi connectivity index (χ0v) is 16.5. The molecule has 3 rings (SSSR count). The van der Waals surface area contributed by atoms with E-state index in [1.54, 1.807) is 19.2 Å². The SMILES string of the molecule is COC(=O)/C=C/c1ccc(N2CCC(c3ccccc3OC)CC2)c([N+](=O)[O-])c1. The number of rotatable bonds is 6. The number of carbonyl (C=O) groups excluding carboxylic acids is 1. The van der Waals surface area contributed by atoms with Crippen molar-refractivity contribution in [1.29, 1.82) is 0 Å². The number of benzene rings is 2. The monoisotopic (exact) mass is 396 g/mol. The first-order valence-electron chi connectivity index (χ1n) is 9.45. The van der Waals surface area contributed by atoms with E-state index in [-0.39, 0.29) is 10.6 Å². The number of methoxy groups -OCH3 is 2. The van der Waals surface area contributed by atoms with Gasteiger partial charge in [-0.2, -0.15) is 0 Å². The summed E-state index contributed by atoms with van der Waals surface area (Å²) in [6.07, 6.45) is 4.54. The molecule has 0 aromatic heterocycles. The third-order valence-corrected chi connectivity index (χ3v) is 5.22. The zero-order valence-electron chi connectivity index (χ0n) is 16.5. The summed E-state index contributed by atoms with van der Waals surface area (Å²) in [6.45, 7) is 1.45. The molecule has 0 unspecified atom stereocenters. The summed E-state index contributed by atoms with van der Waals surface area (Å²) in [5.41, 5.74) is 2.40. The molecule has 152 valence electrons. The maximum absolute atomic E-state index is 11.6. The van der Waals surface area contributed by atoms with Crippen molar-refractivity contribution in [3.63, 3.8) is 0 Å². The Bertz CT molecular complexity index is 917. The average molecular weight is 396 g/mol. The Labute approximate surface area is 169 Å². The topological polar surface area (TPSA) is 81.9 Å². The van der Waals surface area contributed by atoms with Crippen LogP contribution >= 0.6 is 0 Å². The van der Waals surface area contributed by atoms with Gasteiger partial charge in [-0.3, -0.25) is 10.1 Å². The predicted molar refractivity (Wildman–Crippen MR) is 111 cm³/mol. The van der Waals surface area contributed by atoms with Gasteiger partial charge in [0, 0.05) is 25.2 Å². The highest BCUT2D eigenvalue weighted by Gasteiger charge is 2.27. The fourth-order valence-electron chi connectivity index (χ4n) is 3.73. The molecule has 7 nitrogen and oxygen atoms in total. The lowest BCUT2D eigenvalue weighted by molar-refractivity contribution is -0.384. The number of piperidine rings is 1. The molecule has 0 spiro atoms. The Kier molecular flexibility index (Phi) is 6.49. The number of anilines is 1. The number of para-hydroxylation sites is 1. The third-order valence-electron chi connectivity index (χ3n) is 5.22.